The molecule has 1 unspecified atom stereocenters. The summed E-state index contributed by atoms with van der Waals surface area (Å²) in [5.74, 6) is 0. The van der Waals surface area contributed by atoms with E-state index in [1.165, 1.54) is 24.9 Å². The van der Waals surface area contributed by atoms with Gasteiger partial charge >= 0.3 is 0 Å². The van der Waals surface area contributed by atoms with Crippen LogP contribution in [0.2, 0.25) is 0 Å². The molecule has 0 radical (unpaired) electrons. The van der Waals surface area contributed by atoms with Crippen LogP contribution in [-0.4, -0.2) is 27.8 Å². The molecule has 0 aromatic carbocycles. The molecule has 2 nitrogen and oxygen atoms in total. The minimum absolute atomic E-state index is 0.610. The number of halogens is 3. The van der Waals surface area contributed by atoms with E-state index in [0.29, 0.717) is 6.04 Å². The number of rotatable bonds is 1. The van der Waals surface area contributed by atoms with Gasteiger partial charge in [-0.2, -0.15) is 0 Å². The van der Waals surface area contributed by atoms with Gasteiger partial charge in [-0.25, -0.2) is 0 Å². The topological polar surface area (TPSA) is 16.1 Å². The van der Waals surface area contributed by atoms with Crippen molar-refractivity contribution in [1.82, 2.24) is 9.88 Å². The van der Waals surface area contributed by atoms with Gasteiger partial charge in [-0.1, -0.05) is 40.9 Å². The molecule has 2 heterocycles. The summed E-state index contributed by atoms with van der Waals surface area (Å²) < 4.78 is -0.750. The van der Waals surface area contributed by atoms with E-state index in [-0.39, 0.29) is 0 Å². The Kier molecular flexibility index (Phi) is 6.44. The summed E-state index contributed by atoms with van der Waals surface area (Å²) in [6, 6.07) is 4.79. The Morgan fingerprint density at radius 1 is 1.44 bits per heavy atom. The lowest BCUT2D eigenvalue weighted by atomic mass is 10.1. The van der Waals surface area contributed by atoms with E-state index in [2.05, 4.69) is 23.0 Å². The van der Waals surface area contributed by atoms with Gasteiger partial charge in [0, 0.05) is 18.4 Å². The van der Waals surface area contributed by atoms with Crippen molar-refractivity contribution in [2.45, 2.75) is 23.2 Å². The second-order valence-corrected chi connectivity index (χ2v) is 5.65. The molecule has 90 valence electrons. The highest BCUT2D eigenvalue weighted by Gasteiger charge is 2.21. The van der Waals surface area contributed by atoms with Crippen molar-refractivity contribution >= 4 is 34.8 Å². The van der Waals surface area contributed by atoms with Crippen molar-refractivity contribution in [3.63, 3.8) is 0 Å². The summed E-state index contributed by atoms with van der Waals surface area (Å²) in [4.78, 5) is 6.54. The number of hydrogen-bond acceptors (Lipinski definition) is 2. The zero-order valence-electron chi connectivity index (χ0n) is 9.11. The number of pyridine rings is 1. The van der Waals surface area contributed by atoms with Crippen molar-refractivity contribution in [2.75, 3.05) is 13.6 Å². The number of nitrogens with zero attached hydrogens (tertiary/aromatic N) is 2. The summed E-state index contributed by atoms with van der Waals surface area (Å²) >= 11 is 14.4. The Morgan fingerprint density at radius 3 is 2.56 bits per heavy atom. The molecule has 1 aromatic heterocycles. The standard InChI is InChI=1S/C10H14N2.CHCl3/c1-12-7-3-5-10(12)9-4-2-6-11-8-9;2-1(3)4/h2,4,6,8,10H,3,5,7H2,1H3;1H. The van der Waals surface area contributed by atoms with Gasteiger partial charge in [0.05, 0.1) is 0 Å². The van der Waals surface area contributed by atoms with Crippen LogP contribution in [0.25, 0.3) is 0 Å². The maximum atomic E-state index is 4.81. The summed E-state index contributed by atoms with van der Waals surface area (Å²) in [7, 11) is 2.19. The average molecular weight is 282 g/mol. The third-order valence-electron chi connectivity index (χ3n) is 2.59. The molecule has 0 spiro atoms. The van der Waals surface area contributed by atoms with E-state index in [0.717, 1.165) is 0 Å². The Balaban J connectivity index is 0.000000280. The van der Waals surface area contributed by atoms with Crippen LogP contribution in [0.15, 0.2) is 24.5 Å². The first-order valence-corrected chi connectivity index (χ1v) is 6.44. The molecule has 1 saturated heterocycles. The monoisotopic (exact) mass is 280 g/mol. The molecule has 16 heavy (non-hydrogen) atoms. The molecule has 2 rings (SSSR count). The molecule has 0 amide bonds. The first-order chi connectivity index (χ1) is 7.61. The van der Waals surface area contributed by atoms with Crippen LogP contribution in [0.4, 0.5) is 0 Å². The number of aromatic nitrogens is 1. The average Bonchev–Trinajstić information content (AvgIpc) is 2.65. The third kappa shape index (κ3) is 4.88. The van der Waals surface area contributed by atoms with Crippen LogP contribution in [0.1, 0.15) is 24.4 Å². The van der Waals surface area contributed by atoms with Crippen molar-refractivity contribution in [3.05, 3.63) is 30.1 Å². The van der Waals surface area contributed by atoms with Crippen molar-refractivity contribution < 1.29 is 0 Å². The molecule has 0 N–H and O–H groups in total. The first-order valence-electron chi connectivity index (χ1n) is 5.13. The van der Waals surface area contributed by atoms with Gasteiger partial charge in [-0.3, -0.25) is 9.88 Å². The molecule has 1 aromatic rings. The van der Waals surface area contributed by atoms with Gasteiger partial charge in [0.1, 0.15) is 0 Å². The second kappa shape index (κ2) is 7.33. The van der Waals surface area contributed by atoms with Crippen molar-refractivity contribution in [2.24, 2.45) is 0 Å². The van der Waals surface area contributed by atoms with Crippen LogP contribution in [0, 0.1) is 0 Å². The van der Waals surface area contributed by atoms with E-state index in [1.807, 2.05) is 18.5 Å². The fourth-order valence-electron chi connectivity index (χ4n) is 1.90. The van der Waals surface area contributed by atoms with Crippen LogP contribution in [0.5, 0.6) is 0 Å². The highest BCUT2D eigenvalue weighted by Crippen LogP contribution is 2.29. The number of likely N-dealkylation sites (tertiary alicyclic amines) is 1. The Labute approximate surface area is 112 Å². The second-order valence-electron chi connectivity index (χ2n) is 3.67. The normalized spacial score (nSPS) is 20.7. The molecule has 0 saturated carbocycles. The summed E-state index contributed by atoms with van der Waals surface area (Å²) in [6.07, 6.45) is 6.41. The van der Waals surface area contributed by atoms with E-state index in [1.54, 1.807) is 0 Å². The van der Waals surface area contributed by atoms with E-state index in [9.17, 15) is 0 Å². The Hall–Kier alpha value is -0.0200. The maximum absolute atomic E-state index is 4.81. The lowest BCUT2D eigenvalue weighted by Gasteiger charge is -2.18. The van der Waals surface area contributed by atoms with Crippen LogP contribution >= 0.6 is 34.8 Å². The first kappa shape index (κ1) is 14.0. The zero-order chi connectivity index (χ0) is 12.0. The largest absolute Gasteiger partial charge is 0.299 e. The summed E-state index contributed by atoms with van der Waals surface area (Å²) in [5.41, 5.74) is 1.36. The molecule has 0 aliphatic carbocycles. The fourth-order valence-corrected chi connectivity index (χ4v) is 1.90. The molecule has 1 atom stereocenters. The van der Waals surface area contributed by atoms with E-state index in [4.69, 9.17) is 34.8 Å². The van der Waals surface area contributed by atoms with Gasteiger partial charge < -0.3 is 0 Å². The lowest BCUT2D eigenvalue weighted by molar-refractivity contribution is 0.317. The maximum Gasteiger partial charge on any atom is 0.180 e. The van der Waals surface area contributed by atoms with Crippen molar-refractivity contribution in [1.29, 1.82) is 0 Å². The minimum atomic E-state index is -0.750. The predicted molar refractivity (Wildman–Crippen MR) is 70.2 cm³/mol. The molecule has 1 fully saturated rings. The highest BCUT2D eigenvalue weighted by molar-refractivity contribution is 6.63. The number of alkyl halides is 3. The Bertz CT molecular complexity index is 290. The van der Waals surface area contributed by atoms with Crippen LogP contribution in [-0.2, 0) is 0 Å². The predicted octanol–water partition coefficient (Wildman–Crippen LogP) is 3.83. The van der Waals surface area contributed by atoms with Crippen molar-refractivity contribution in [3.8, 4) is 0 Å². The number of hydrogen-bond donors (Lipinski definition) is 0. The molecule has 5 heteroatoms. The molecular weight excluding hydrogens is 266 g/mol. The van der Waals surface area contributed by atoms with E-state index >= 15 is 0 Å². The highest BCUT2D eigenvalue weighted by atomic mass is 35.6. The lowest BCUT2D eigenvalue weighted by Crippen LogP contribution is -2.17. The smallest absolute Gasteiger partial charge is 0.180 e. The molecule has 1 aliphatic rings. The third-order valence-corrected chi connectivity index (χ3v) is 2.59. The molecular formula is C11H15Cl3N2. The quantitative estimate of drug-likeness (QED) is 0.727. The van der Waals surface area contributed by atoms with Gasteiger partial charge in [0.15, 0.2) is 4.30 Å². The summed E-state index contributed by atoms with van der Waals surface area (Å²) in [6.45, 7) is 1.22. The molecule has 0 bridgehead atoms. The SMILES string of the molecule is CN1CCCC1c1cccnc1.ClC(Cl)Cl. The molecule has 1 aliphatic heterocycles. The van der Waals surface area contributed by atoms with Crippen LogP contribution < -0.4 is 0 Å². The van der Waals surface area contributed by atoms with Crippen LogP contribution in [0.3, 0.4) is 0 Å². The fraction of sp³-hybridized carbons (Fsp3) is 0.545. The van der Waals surface area contributed by atoms with E-state index < -0.39 is 4.30 Å². The van der Waals surface area contributed by atoms with Gasteiger partial charge in [-0.05, 0) is 38.1 Å². The van der Waals surface area contributed by atoms with Gasteiger partial charge in [0.2, 0.25) is 0 Å². The summed E-state index contributed by atoms with van der Waals surface area (Å²) in [5, 5.41) is 0. The van der Waals surface area contributed by atoms with Gasteiger partial charge in [-0.15, -0.1) is 0 Å². The Morgan fingerprint density at radius 2 is 2.12 bits per heavy atom. The van der Waals surface area contributed by atoms with Gasteiger partial charge in [0.25, 0.3) is 0 Å². The zero-order valence-corrected chi connectivity index (χ0v) is 11.4. The minimum Gasteiger partial charge on any atom is -0.299 e.